The highest BCUT2D eigenvalue weighted by molar-refractivity contribution is 5.98. The van der Waals surface area contributed by atoms with Crippen LogP contribution >= 0.6 is 0 Å². The second-order valence-corrected chi connectivity index (χ2v) is 7.96. The molecule has 3 aromatic carbocycles. The lowest BCUT2D eigenvalue weighted by atomic mass is 9.99. The first kappa shape index (κ1) is 20.9. The number of nitrogens with one attached hydrogen (secondary N) is 3. The first-order valence-electron chi connectivity index (χ1n) is 10.7. The van der Waals surface area contributed by atoms with Gasteiger partial charge < -0.3 is 20.9 Å². The highest BCUT2D eigenvalue weighted by atomic mass is 16.2. The first-order valence-corrected chi connectivity index (χ1v) is 10.7. The van der Waals surface area contributed by atoms with Gasteiger partial charge in [0.15, 0.2) is 0 Å². The van der Waals surface area contributed by atoms with E-state index in [1.807, 2.05) is 50.2 Å². The number of rotatable bonds is 4. The fraction of sp³-hybridized carbons (Fsp3) is 0.280. The number of piperazine rings is 1. The summed E-state index contributed by atoms with van der Waals surface area (Å²) in [6, 6.07) is 19.5. The Labute approximate surface area is 182 Å². The molecule has 31 heavy (non-hydrogen) atoms. The zero-order chi connectivity index (χ0) is 21.8. The Bertz CT molecular complexity index is 1100. The minimum absolute atomic E-state index is 0.138. The molecular weight excluding hydrogens is 388 g/mol. The molecule has 3 aromatic rings. The fourth-order valence-electron chi connectivity index (χ4n) is 4.00. The maximum atomic E-state index is 13.1. The molecule has 0 aromatic heterocycles. The van der Waals surface area contributed by atoms with Gasteiger partial charge in [0.1, 0.15) is 0 Å². The van der Waals surface area contributed by atoms with Gasteiger partial charge in [0, 0.05) is 37.4 Å². The SMILES string of the molecule is Cc1ccc(NC(=O)N2CCNCC2)cc1C(=O)N[C@H](C)c1cccc2ccccc12. The van der Waals surface area contributed by atoms with Crippen LogP contribution in [0.2, 0.25) is 0 Å². The number of aryl methyl sites for hydroxylation is 1. The molecule has 1 saturated heterocycles. The zero-order valence-corrected chi connectivity index (χ0v) is 17.9. The van der Waals surface area contributed by atoms with Crippen LogP contribution in [0, 0.1) is 6.92 Å². The van der Waals surface area contributed by atoms with Gasteiger partial charge in [-0.15, -0.1) is 0 Å². The largest absolute Gasteiger partial charge is 0.345 e. The highest BCUT2D eigenvalue weighted by Gasteiger charge is 2.18. The van der Waals surface area contributed by atoms with Crippen LogP contribution in [0.1, 0.15) is 34.5 Å². The number of carbonyl (C=O) groups is 2. The van der Waals surface area contributed by atoms with E-state index in [-0.39, 0.29) is 18.0 Å². The van der Waals surface area contributed by atoms with Crippen LogP contribution in [0.3, 0.4) is 0 Å². The van der Waals surface area contributed by atoms with Gasteiger partial charge in [0.05, 0.1) is 6.04 Å². The van der Waals surface area contributed by atoms with Crippen LogP contribution in [-0.4, -0.2) is 43.0 Å². The minimum Gasteiger partial charge on any atom is -0.345 e. The molecule has 0 saturated carbocycles. The van der Waals surface area contributed by atoms with E-state index < -0.39 is 0 Å². The van der Waals surface area contributed by atoms with Gasteiger partial charge in [-0.25, -0.2) is 4.79 Å². The lowest BCUT2D eigenvalue weighted by Crippen LogP contribution is -2.48. The van der Waals surface area contributed by atoms with Crippen molar-refractivity contribution in [3.05, 3.63) is 77.4 Å². The van der Waals surface area contributed by atoms with E-state index in [2.05, 4.69) is 34.1 Å². The molecule has 0 spiro atoms. The molecule has 0 radical (unpaired) electrons. The maximum absolute atomic E-state index is 13.1. The quantitative estimate of drug-likeness (QED) is 0.600. The molecule has 1 atom stereocenters. The van der Waals surface area contributed by atoms with E-state index in [1.54, 1.807) is 11.0 Å². The Morgan fingerprint density at radius 2 is 1.74 bits per heavy atom. The summed E-state index contributed by atoms with van der Waals surface area (Å²) in [5.74, 6) is -0.156. The fourth-order valence-corrected chi connectivity index (χ4v) is 4.00. The maximum Gasteiger partial charge on any atom is 0.321 e. The third-order valence-corrected chi connectivity index (χ3v) is 5.78. The number of hydrogen-bond donors (Lipinski definition) is 3. The second kappa shape index (κ2) is 9.18. The number of carbonyl (C=O) groups excluding carboxylic acids is 2. The van der Waals surface area contributed by atoms with Gasteiger partial charge in [-0.3, -0.25) is 4.79 Å². The molecule has 6 nitrogen and oxygen atoms in total. The normalized spacial score (nSPS) is 14.8. The van der Waals surface area contributed by atoms with Gasteiger partial charge >= 0.3 is 6.03 Å². The van der Waals surface area contributed by atoms with Crippen LogP contribution in [0.15, 0.2) is 60.7 Å². The predicted octanol–water partition coefficient (Wildman–Crippen LogP) is 4.08. The van der Waals surface area contributed by atoms with E-state index in [0.717, 1.165) is 35.0 Å². The molecule has 0 bridgehead atoms. The number of benzene rings is 3. The molecule has 0 unspecified atom stereocenters. The number of anilines is 1. The van der Waals surface area contributed by atoms with Gasteiger partial charge in [-0.2, -0.15) is 0 Å². The molecule has 4 rings (SSSR count). The molecule has 3 amide bonds. The van der Waals surface area contributed by atoms with Crippen LogP contribution in [0.5, 0.6) is 0 Å². The van der Waals surface area contributed by atoms with Gasteiger partial charge in [-0.05, 0) is 47.9 Å². The molecule has 3 N–H and O–H groups in total. The number of amides is 3. The van der Waals surface area contributed by atoms with Crippen molar-refractivity contribution >= 4 is 28.4 Å². The highest BCUT2D eigenvalue weighted by Crippen LogP contribution is 2.25. The van der Waals surface area contributed by atoms with Crippen molar-refractivity contribution in [2.24, 2.45) is 0 Å². The van der Waals surface area contributed by atoms with E-state index >= 15 is 0 Å². The summed E-state index contributed by atoms with van der Waals surface area (Å²) in [7, 11) is 0. The Morgan fingerprint density at radius 1 is 1.00 bits per heavy atom. The number of hydrogen-bond acceptors (Lipinski definition) is 3. The average Bonchev–Trinajstić information content (AvgIpc) is 2.80. The number of nitrogens with zero attached hydrogens (tertiary/aromatic N) is 1. The Morgan fingerprint density at radius 3 is 2.55 bits per heavy atom. The molecule has 1 aliphatic rings. The minimum atomic E-state index is -0.156. The van der Waals surface area contributed by atoms with Crippen molar-refractivity contribution in [2.45, 2.75) is 19.9 Å². The number of urea groups is 1. The Kier molecular flexibility index (Phi) is 6.18. The van der Waals surface area contributed by atoms with Gasteiger partial charge in [0.25, 0.3) is 5.91 Å². The van der Waals surface area contributed by atoms with E-state index in [4.69, 9.17) is 0 Å². The summed E-state index contributed by atoms with van der Waals surface area (Å²) in [5, 5.41) is 11.6. The standard InChI is InChI=1S/C25H28N4O2/c1-17-10-11-20(28-25(31)29-14-12-26-13-15-29)16-23(17)24(30)27-18(2)21-9-5-7-19-6-3-4-8-22(19)21/h3-11,16,18,26H,12-15H2,1-2H3,(H,27,30)(H,28,31)/t18-/m1/s1. The van der Waals surface area contributed by atoms with Gasteiger partial charge in [-0.1, -0.05) is 48.5 Å². The summed E-state index contributed by atoms with van der Waals surface area (Å²) in [4.78, 5) is 27.4. The lowest BCUT2D eigenvalue weighted by molar-refractivity contribution is 0.0939. The van der Waals surface area contributed by atoms with Crippen molar-refractivity contribution in [1.82, 2.24) is 15.5 Å². The number of fused-ring (bicyclic) bond motifs is 1. The monoisotopic (exact) mass is 416 g/mol. The van der Waals surface area contributed by atoms with Crippen LogP contribution in [0.4, 0.5) is 10.5 Å². The molecule has 6 heteroatoms. The molecule has 1 aliphatic heterocycles. The van der Waals surface area contributed by atoms with Crippen molar-refractivity contribution < 1.29 is 9.59 Å². The average molecular weight is 417 g/mol. The third-order valence-electron chi connectivity index (χ3n) is 5.78. The lowest BCUT2D eigenvalue weighted by Gasteiger charge is -2.27. The topological polar surface area (TPSA) is 73.5 Å². The zero-order valence-electron chi connectivity index (χ0n) is 17.9. The summed E-state index contributed by atoms with van der Waals surface area (Å²) in [5.41, 5.74) is 3.12. The van der Waals surface area contributed by atoms with Crippen molar-refractivity contribution in [3.8, 4) is 0 Å². The molecule has 1 heterocycles. The second-order valence-electron chi connectivity index (χ2n) is 7.96. The van der Waals surface area contributed by atoms with Crippen LogP contribution in [0.25, 0.3) is 10.8 Å². The molecule has 0 aliphatic carbocycles. The summed E-state index contributed by atoms with van der Waals surface area (Å²) < 4.78 is 0. The Balaban J connectivity index is 1.50. The smallest absolute Gasteiger partial charge is 0.321 e. The molecule has 1 fully saturated rings. The van der Waals surface area contributed by atoms with Crippen molar-refractivity contribution in [3.63, 3.8) is 0 Å². The van der Waals surface area contributed by atoms with Crippen LogP contribution in [-0.2, 0) is 0 Å². The molecular formula is C25H28N4O2. The van der Waals surface area contributed by atoms with E-state index in [0.29, 0.717) is 24.3 Å². The Hall–Kier alpha value is -3.38. The van der Waals surface area contributed by atoms with E-state index in [1.165, 1.54) is 0 Å². The summed E-state index contributed by atoms with van der Waals surface area (Å²) >= 11 is 0. The first-order chi connectivity index (χ1) is 15.0. The molecule has 160 valence electrons. The summed E-state index contributed by atoms with van der Waals surface area (Å²) in [6.07, 6.45) is 0. The van der Waals surface area contributed by atoms with E-state index in [9.17, 15) is 9.59 Å². The van der Waals surface area contributed by atoms with Crippen LogP contribution < -0.4 is 16.0 Å². The third kappa shape index (κ3) is 4.70. The van der Waals surface area contributed by atoms with Gasteiger partial charge in [0.2, 0.25) is 0 Å². The van der Waals surface area contributed by atoms with Crippen molar-refractivity contribution in [2.75, 3.05) is 31.5 Å². The van der Waals surface area contributed by atoms with Crippen molar-refractivity contribution in [1.29, 1.82) is 0 Å². The summed E-state index contributed by atoms with van der Waals surface area (Å²) in [6.45, 7) is 6.83. The predicted molar refractivity (Wildman–Crippen MR) is 124 cm³/mol.